The molecule has 50 heavy (non-hydrogen) atoms. The van der Waals surface area contributed by atoms with Crippen LogP contribution in [-0.4, -0.2) is 58.1 Å². The number of amides is 4. The van der Waals surface area contributed by atoms with E-state index in [0.717, 1.165) is 27.7 Å². The summed E-state index contributed by atoms with van der Waals surface area (Å²) in [6.07, 6.45) is 0.304. The average molecular weight is 702 g/mol. The number of hydrogen-bond acceptors (Lipinski definition) is 6. The summed E-state index contributed by atoms with van der Waals surface area (Å²) in [6, 6.07) is 22.6. The van der Waals surface area contributed by atoms with Gasteiger partial charge in [-0.1, -0.05) is 78.3 Å². The maximum Gasteiger partial charge on any atom is 0.408 e. The number of unbranched alkanes of at least 4 members (excludes halogenated alkanes) is 1. The van der Waals surface area contributed by atoms with E-state index in [2.05, 4.69) is 20.9 Å². The predicted octanol–water partition coefficient (Wildman–Crippen LogP) is 6.38. The molecule has 2 heterocycles. The molecule has 1 aliphatic rings. The standard InChI is InChI=1S/C38H44ClN5O6/c1-38(2,3)50-37(48)43-31-21-28-27-16-8-10-18-30(27)42-32(28)23-44(35(31)46)33(34(45)41-22-25-13-5-4-6-14-25)19-11-12-20-40-36(47)49-24-26-15-7-9-17-29(26)39/h4-10,13-18,31,33,42H,11-12,19-24H2,1-3H3,(H,40,47)(H,41,45)(H,43,48)/t31-,33-/m1/s1. The second kappa shape index (κ2) is 16.6. The molecule has 4 amide bonds. The number of nitrogens with one attached hydrogen (secondary N) is 4. The van der Waals surface area contributed by atoms with Gasteiger partial charge in [0.15, 0.2) is 0 Å². The molecule has 0 bridgehead atoms. The summed E-state index contributed by atoms with van der Waals surface area (Å²) in [4.78, 5) is 58.6. The highest BCUT2D eigenvalue weighted by atomic mass is 35.5. The summed E-state index contributed by atoms with van der Waals surface area (Å²) in [5.41, 5.74) is 3.47. The van der Waals surface area contributed by atoms with Gasteiger partial charge in [0.1, 0.15) is 24.3 Å². The third-order valence-electron chi connectivity index (χ3n) is 8.39. The van der Waals surface area contributed by atoms with Gasteiger partial charge in [0, 0.05) is 46.7 Å². The van der Waals surface area contributed by atoms with Crippen molar-refractivity contribution < 1.29 is 28.7 Å². The second-order valence-corrected chi connectivity index (χ2v) is 13.7. The number of alkyl carbamates (subject to hydrolysis) is 2. The van der Waals surface area contributed by atoms with E-state index in [1.807, 2.05) is 60.7 Å². The second-order valence-electron chi connectivity index (χ2n) is 13.3. The van der Waals surface area contributed by atoms with Crippen LogP contribution in [0.25, 0.3) is 10.9 Å². The Morgan fingerprint density at radius 3 is 2.42 bits per heavy atom. The number of nitrogens with zero attached hydrogens (tertiary/aromatic N) is 1. The zero-order chi connectivity index (χ0) is 35.7. The zero-order valence-electron chi connectivity index (χ0n) is 28.6. The van der Waals surface area contributed by atoms with E-state index in [1.165, 1.54) is 0 Å². The van der Waals surface area contributed by atoms with Gasteiger partial charge in [-0.05, 0) is 63.3 Å². The van der Waals surface area contributed by atoms with Crippen molar-refractivity contribution in [2.24, 2.45) is 0 Å². The predicted molar refractivity (Wildman–Crippen MR) is 191 cm³/mol. The molecule has 1 aliphatic heterocycles. The van der Waals surface area contributed by atoms with Gasteiger partial charge in [0.2, 0.25) is 11.8 Å². The SMILES string of the molecule is CC(C)(C)OC(=O)N[C@@H]1Cc2c([nH]c3ccccc23)CN([C@H](CCCCNC(=O)OCc2ccccc2Cl)C(=O)NCc2ccccc2)C1=O. The van der Waals surface area contributed by atoms with E-state index in [-0.39, 0.29) is 37.9 Å². The van der Waals surface area contributed by atoms with Crippen molar-refractivity contribution in [3.8, 4) is 0 Å². The highest BCUT2D eigenvalue weighted by Crippen LogP contribution is 2.30. The number of fused-ring (bicyclic) bond motifs is 3. The van der Waals surface area contributed by atoms with Crippen molar-refractivity contribution in [2.75, 3.05) is 6.54 Å². The minimum atomic E-state index is -0.968. The first-order valence-corrected chi connectivity index (χ1v) is 17.2. The lowest BCUT2D eigenvalue weighted by molar-refractivity contribution is -0.143. The molecule has 5 rings (SSSR count). The van der Waals surface area contributed by atoms with Crippen LogP contribution < -0.4 is 16.0 Å². The third kappa shape index (κ3) is 9.78. The summed E-state index contributed by atoms with van der Waals surface area (Å²) in [7, 11) is 0. The first-order valence-electron chi connectivity index (χ1n) is 16.8. The number of carbonyl (C=O) groups is 4. The molecule has 1 aromatic heterocycles. The van der Waals surface area contributed by atoms with Crippen molar-refractivity contribution >= 4 is 46.5 Å². The Balaban J connectivity index is 1.32. The van der Waals surface area contributed by atoms with Crippen LogP contribution in [0.4, 0.5) is 9.59 Å². The van der Waals surface area contributed by atoms with E-state index in [4.69, 9.17) is 21.1 Å². The lowest BCUT2D eigenvalue weighted by atomic mass is 10.0. The molecule has 0 aliphatic carbocycles. The maximum absolute atomic E-state index is 14.3. The van der Waals surface area contributed by atoms with Crippen molar-refractivity contribution in [1.29, 1.82) is 0 Å². The van der Waals surface area contributed by atoms with Crippen LogP contribution in [-0.2, 0) is 45.2 Å². The molecule has 0 saturated heterocycles. The molecule has 11 nitrogen and oxygen atoms in total. The largest absolute Gasteiger partial charge is 0.445 e. The van der Waals surface area contributed by atoms with E-state index < -0.39 is 29.9 Å². The van der Waals surface area contributed by atoms with E-state index in [0.29, 0.717) is 36.4 Å². The van der Waals surface area contributed by atoms with Crippen molar-refractivity contribution in [3.05, 3.63) is 106 Å². The van der Waals surface area contributed by atoms with Crippen LogP contribution >= 0.6 is 11.6 Å². The third-order valence-corrected chi connectivity index (χ3v) is 8.76. The minimum Gasteiger partial charge on any atom is -0.445 e. The molecule has 0 radical (unpaired) electrons. The van der Waals surface area contributed by atoms with Gasteiger partial charge in [-0.2, -0.15) is 0 Å². The summed E-state index contributed by atoms with van der Waals surface area (Å²) in [5, 5.41) is 10.0. The average Bonchev–Trinajstić information content (AvgIpc) is 3.36. The molecule has 0 unspecified atom stereocenters. The number of carbonyl (C=O) groups excluding carboxylic acids is 4. The van der Waals surface area contributed by atoms with Crippen molar-refractivity contribution in [3.63, 3.8) is 0 Å². The number of ether oxygens (including phenoxy) is 2. The maximum atomic E-state index is 14.3. The van der Waals surface area contributed by atoms with Crippen LogP contribution in [0.2, 0.25) is 5.02 Å². The Morgan fingerprint density at radius 2 is 1.66 bits per heavy atom. The molecule has 0 saturated carbocycles. The first kappa shape index (κ1) is 36.3. The monoisotopic (exact) mass is 701 g/mol. The molecule has 4 N–H and O–H groups in total. The quantitative estimate of drug-likeness (QED) is 0.126. The highest BCUT2D eigenvalue weighted by Gasteiger charge is 2.39. The Bertz CT molecular complexity index is 1800. The molecule has 2 atom stereocenters. The fourth-order valence-electron chi connectivity index (χ4n) is 5.98. The molecular weight excluding hydrogens is 658 g/mol. The number of benzene rings is 3. The van der Waals surface area contributed by atoms with Crippen LogP contribution in [0.15, 0.2) is 78.9 Å². The number of aromatic nitrogens is 1. The summed E-state index contributed by atoms with van der Waals surface area (Å²) >= 11 is 6.16. The van der Waals surface area contributed by atoms with Gasteiger partial charge in [-0.15, -0.1) is 0 Å². The number of para-hydroxylation sites is 1. The molecule has 264 valence electrons. The summed E-state index contributed by atoms with van der Waals surface area (Å²) < 4.78 is 10.8. The molecule has 3 aromatic carbocycles. The van der Waals surface area contributed by atoms with Crippen LogP contribution in [0.3, 0.4) is 0 Å². The highest BCUT2D eigenvalue weighted by molar-refractivity contribution is 6.31. The summed E-state index contributed by atoms with van der Waals surface area (Å²) in [5.74, 6) is -0.699. The van der Waals surface area contributed by atoms with Gasteiger partial charge in [0.25, 0.3) is 0 Å². The molecule has 0 spiro atoms. The normalized spacial score (nSPS) is 15.1. The molecular formula is C38H44ClN5O6. The minimum absolute atomic E-state index is 0.0421. The number of aromatic amines is 1. The zero-order valence-corrected chi connectivity index (χ0v) is 29.3. The number of H-pyrrole nitrogens is 1. The van der Waals surface area contributed by atoms with Crippen molar-refractivity contribution in [2.45, 2.75) is 83.8 Å². The van der Waals surface area contributed by atoms with Gasteiger partial charge >= 0.3 is 12.2 Å². The Labute approximate surface area is 297 Å². The molecule has 0 fully saturated rings. The topological polar surface area (TPSA) is 142 Å². The van der Waals surface area contributed by atoms with E-state index >= 15 is 0 Å². The lowest BCUT2D eigenvalue weighted by Gasteiger charge is -2.32. The van der Waals surface area contributed by atoms with E-state index in [9.17, 15) is 19.2 Å². The van der Waals surface area contributed by atoms with Crippen LogP contribution in [0.5, 0.6) is 0 Å². The van der Waals surface area contributed by atoms with Gasteiger partial charge in [-0.3, -0.25) is 9.59 Å². The molecule has 12 heteroatoms. The van der Waals surface area contributed by atoms with Gasteiger partial charge in [0.05, 0.1) is 6.54 Å². The Morgan fingerprint density at radius 1 is 0.940 bits per heavy atom. The Kier molecular flexibility index (Phi) is 12.0. The number of hydrogen-bond donors (Lipinski definition) is 4. The smallest absolute Gasteiger partial charge is 0.408 e. The van der Waals surface area contributed by atoms with Crippen LogP contribution in [0, 0.1) is 0 Å². The molecule has 4 aromatic rings. The fourth-order valence-corrected chi connectivity index (χ4v) is 6.17. The Hall–Kier alpha value is -5.03. The van der Waals surface area contributed by atoms with E-state index in [1.54, 1.807) is 43.9 Å². The fraction of sp³-hybridized carbons (Fsp3) is 0.368. The number of rotatable bonds is 12. The van der Waals surface area contributed by atoms with Crippen molar-refractivity contribution in [1.82, 2.24) is 25.8 Å². The van der Waals surface area contributed by atoms with Gasteiger partial charge < -0.3 is 35.3 Å². The summed E-state index contributed by atoms with van der Waals surface area (Å²) in [6.45, 7) is 6.05. The van der Waals surface area contributed by atoms with Gasteiger partial charge in [-0.25, -0.2) is 9.59 Å². The first-order chi connectivity index (χ1) is 24.0. The van der Waals surface area contributed by atoms with Crippen LogP contribution in [0.1, 0.15) is 62.4 Å². The number of halogens is 1. The lowest BCUT2D eigenvalue weighted by Crippen LogP contribution is -2.55.